The first-order chi connectivity index (χ1) is 13.1. The summed E-state index contributed by atoms with van der Waals surface area (Å²) in [6.45, 7) is 3.54. The number of thioether (sulfide) groups is 1. The second kappa shape index (κ2) is 9.40. The second-order valence-electron chi connectivity index (χ2n) is 6.79. The molecule has 1 aliphatic rings. The number of nitrogens with one attached hydrogen (secondary N) is 1. The lowest BCUT2D eigenvalue weighted by atomic mass is 9.77. The topological polar surface area (TPSA) is 58.6 Å². The van der Waals surface area contributed by atoms with Gasteiger partial charge >= 0.3 is 0 Å². The van der Waals surface area contributed by atoms with E-state index in [4.69, 9.17) is 4.74 Å². The van der Waals surface area contributed by atoms with E-state index in [1.165, 1.54) is 0 Å². The molecule has 1 heterocycles. The van der Waals surface area contributed by atoms with Crippen molar-refractivity contribution in [1.29, 1.82) is 0 Å². The first-order valence-corrected chi connectivity index (χ1v) is 10.5. The van der Waals surface area contributed by atoms with E-state index in [2.05, 4.69) is 12.2 Å². The number of rotatable bonds is 7. The molecular formula is C22H27NO3S. The number of benzene rings is 2. The maximum Gasteiger partial charge on any atom is 0.252 e. The zero-order valence-corrected chi connectivity index (χ0v) is 16.5. The van der Waals surface area contributed by atoms with Crippen LogP contribution in [0.1, 0.15) is 35.7 Å². The molecular weight excluding hydrogens is 358 g/mol. The van der Waals surface area contributed by atoms with Crippen molar-refractivity contribution in [2.75, 3.05) is 25.5 Å². The van der Waals surface area contributed by atoms with Crippen molar-refractivity contribution >= 4 is 17.7 Å². The van der Waals surface area contributed by atoms with Crippen LogP contribution in [0.3, 0.4) is 0 Å². The van der Waals surface area contributed by atoms with Crippen LogP contribution in [0.25, 0.3) is 0 Å². The van der Waals surface area contributed by atoms with Crippen LogP contribution in [0, 0.1) is 5.92 Å². The van der Waals surface area contributed by atoms with E-state index in [-0.39, 0.29) is 18.4 Å². The summed E-state index contributed by atoms with van der Waals surface area (Å²) in [7, 11) is 0. The van der Waals surface area contributed by atoms with E-state index in [9.17, 15) is 9.90 Å². The average molecular weight is 386 g/mol. The van der Waals surface area contributed by atoms with Crippen LogP contribution in [-0.4, -0.2) is 36.5 Å². The van der Waals surface area contributed by atoms with Crippen LogP contribution in [0.15, 0.2) is 59.5 Å². The van der Waals surface area contributed by atoms with Crippen LogP contribution in [0.4, 0.5) is 0 Å². The van der Waals surface area contributed by atoms with Crippen molar-refractivity contribution in [1.82, 2.24) is 5.32 Å². The first-order valence-electron chi connectivity index (χ1n) is 9.51. The van der Waals surface area contributed by atoms with Crippen LogP contribution in [-0.2, 0) is 10.3 Å². The zero-order valence-electron chi connectivity index (χ0n) is 15.7. The summed E-state index contributed by atoms with van der Waals surface area (Å²) >= 11 is 1.65. The Morgan fingerprint density at radius 3 is 2.52 bits per heavy atom. The Hall–Kier alpha value is -1.82. The molecule has 1 fully saturated rings. The molecule has 1 atom stereocenters. The van der Waals surface area contributed by atoms with Gasteiger partial charge in [0.2, 0.25) is 0 Å². The molecule has 0 saturated carbocycles. The van der Waals surface area contributed by atoms with E-state index < -0.39 is 5.60 Å². The third kappa shape index (κ3) is 4.72. The number of carbonyl (C=O) groups is 1. The third-order valence-electron chi connectivity index (χ3n) is 5.12. The molecule has 0 aliphatic carbocycles. The summed E-state index contributed by atoms with van der Waals surface area (Å²) < 4.78 is 5.47. The Bertz CT molecular complexity index is 746. The highest BCUT2D eigenvalue weighted by Crippen LogP contribution is 2.36. The van der Waals surface area contributed by atoms with Gasteiger partial charge in [-0.3, -0.25) is 4.79 Å². The second-order valence-corrected chi connectivity index (χ2v) is 8.09. The minimum atomic E-state index is -1.10. The van der Waals surface area contributed by atoms with Gasteiger partial charge in [0, 0.05) is 18.1 Å². The maximum atomic E-state index is 12.8. The Labute approximate surface area is 165 Å². The SMILES string of the molecule is CCSc1ccccc1C(=O)NCC(O)(c1ccccc1)C1CCOCC1. The molecule has 2 aromatic carbocycles. The van der Waals surface area contributed by atoms with Gasteiger partial charge in [0.15, 0.2) is 0 Å². The first kappa shape index (κ1) is 19.9. The predicted molar refractivity (Wildman–Crippen MR) is 109 cm³/mol. The van der Waals surface area contributed by atoms with E-state index in [1.54, 1.807) is 11.8 Å². The molecule has 4 nitrogen and oxygen atoms in total. The quantitative estimate of drug-likeness (QED) is 0.711. The van der Waals surface area contributed by atoms with Crippen molar-refractivity contribution in [2.45, 2.75) is 30.3 Å². The van der Waals surface area contributed by atoms with Gasteiger partial charge in [0.1, 0.15) is 5.60 Å². The summed E-state index contributed by atoms with van der Waals surface area (Å²) in [6.07, 6.45) is 1.56. The molecule has 27 heavy (non-hydrogen) atoms. The minimum absolute atomic E-state index is 0.0502. The third-order valence-corrected chi connectivity index (χ3v) is 6.08. The number of aliphatic hydroxyl groups is 1. The van der Waals surface area contributed by atoms with E-state index in [1.807, 2.05) is 54.6 Å². The van der Waals surface area contributed by atoms with Crippen molar-refractivity contribution in [2.24, 2.45) is 5.92 Å². The van der Waals surface area contributed by atoms with E-state index in [0.717, 1.165) is 29.1 Å². The standard InChI is InChI=1S/C22H27NO3S/c1-2-27-20-11-7-6-10-19(20)21(24)23-16-22(25,17-8-4-3-5-9-17)18-12-14-26-15-13-18/h3-11,18,25H,2,12-16H2,1H3,(H,23,24). The lowest BCUT2D eigenvalue weighted by molar-refractivity contribution is -0.0680. The highest BCUT2D eigenvalue weighted by molar-refractivity contribution is 7.99. The molecule has 1 unspecified atom stereocenters. The summed E-state index contributed by atoms with van der Waals surface area (Å²) in [5.41, 5.74) is 0.397. The fourth-order valence-electron chi connectivity index (χ4n) is 3.63. The molecule has 5 heteroatoms. The maximum absolute atomic E-state index is 12.8. The van der Waals surface area contributed by atoms with Gasteiger partial charge in [-0.15, -0.1) is 11.8 Å². The normalized spacial score (nSPS) is 17.3. The smallest absolute Gasteiger partial charge is 0.252 e. The van der Waals surface area contributed by atoms with Gasteiger partial charge < -0.3 is 15.2 Å². The number of hydrogen-bond donors (Lipinski definition) is 2. The van der Waals surface area contributed by atoms with Gasteiger partial charge in [-0.25, -0.2) is 0 Å². The Kier molecular flexibility index (Phi) is 6.94. The zero-order chi connectivity index (χ0) is 19.1. The fraction of sp³-hybridized carbons (Fsp3) is 0.409. The largest absolute Gasteiger partial charge is 0.383 e. The molecule has 0 aromatic heterocycles. The van der Waals surface area contributed by atoms with Gasteiger partial charge in [-0.2, -0.15) is 0 Å². The molecule has 1 saturated heterocycles. The predicted octanol–water partition coefficient (Wildman–Crippen LogP) is 3.84. The minimum Gasteiger partial charge on any atom is -0.383 e. The molecule has 0 bridgehead atoms. The fourth-order valence-corrected chi connectivity index (χ4v) is 4.43. The van der Waals surface area contributed by atoms with Gasteiger partial charge in [-0.05, 0) is 42.2 Å². The van der Waals surface area contributed by atoms with Gasteiger partial charge in [0.25, 0.3) is 5.91 Å². The molecule has 1 amide bonds. The van der Waals surface area contributed by atoms with Crippen molar-refractivity contribution in [3.05, 3.63) is 65.7 Å². The molecule has 3 rings (SSSR count). The Morgan fingerprint density at radius 1 is 1.15 bits per heavy atom. The highest BCUT2D eigenvalue weighted by atomic mass is 32.2. The summed E-state index contributed by atoms with van der Waals surface area (Å²) in [5.74, 6) is 0.808. The van der Waals surface area contributed by atoms with Crippen LogP contribution in [0.5, 0.6) is 0 Å². The molecule has 0 radical (unpaired) electrons. The van der Waals surface area contributed by atoms with Crippen molar-refractivity contribution < 1.29 is 14.6 Å². The lowest BCUT2D eigenvalue weighted by Crippen LogP contribution is -2.47. The van der Waals surface area contributed by atoms with Crippen LogP contribution >= 0.6 is 11.8 Å². The van der Waals surface area contributed by atoms with Crippen molar-refractivity contribution in [3.63, 3.8) is 0 Å². The summed E-state index contributed by atoms with van der Waals surface area (Å²) in [6, 6.07) is 17.3. The number of carbonyl (C=O) groups excluding carboxylic acids is 1. The number of hydrogen-bond acceptors (Lipinski definition) is 4. The Morgan fingerprint density at radius 2 is 1.81 bits per heavy atom. The molecule has 2 aromatic rings. The van der Waals surface area contributed by atoms with Crippen LogP contribution in [0.2, 0.25) is 0 Å². The summed E-state index contributed by atoms with van der Waals surface area (Å²) in [5, 5.41) is 14.6. The lowest BCUT2D eigenvalue weighted by Gasteiger charge is -2.39. The monoisotopic (exact) mass is 385 g/mol. The Balaban J connectivity index is 1.80. The number of amides is 1. The molecule has 1 aliphatic heterocycles. The van der Waals surface area contributed by atoms with Gasteiger partial charge in [-0.1, -0.05) is 49.4 Å². The molecule has 0 spiro atoms. The van der Waals surface area contributed by atoms with Gasteiger partial charge in [0.05, 0.1) is 12.1 Å². The summed E-state index contributed by atoms with van der Waals surface area (Å²) in [4.78, 5) is 13.8. The van der Waals surface area contributed by atoms with Crippen LogP contribution < -0.4 is 5.32 Å². The molecule has 144 valence electrons. The number of ether oxygens (including phenoxy) is 1. The van der Waals surface area contributed by atoms with Crippen molar-refractivity contribution in [3.8, 4) is 0 Å². The van der Waals surface area contributed by atoms with E-state index >= 15 is 0 Å². The highest BCUT2D eigenvalue weighted by Gasteiger charge is 2.39. The molecule has 2 N–H and O–H groups in total. The van der Waals surface area contributed by atoms with E-state index in [0.29, 0.717) is 18.8 Å². The average Bonchev–Trinajstić information content (AvgIpc) is 2.74.